The van der Waals surface area contributed by atoms with Crippen molar-refractivity contribution in [2.75, 3.05) is 0 Å². The summed E-state index contributed by atoms with van der Waals surface area (Å²) in [6.45, 7) is 9.37. The SMILES string of the molecule is CC1=Cc2cc(Cc3ccccc3)ccc2[CH]1[Zr]([Cl])([Cl])([CH]1C(C)=Cc2cc(Cc3ccccc3)ccc21)[SiH](C)C. The van der Waals surface area contributed by atoms with Crippen molar-refractivity contribution in [2.45, 2.75) is 47.0 Å². The van der Waals surface area contributed by atoms with Gasteiger partial charge in [0.2, 0.25) is 0 Å². The van der Waals surface area contributed by atoms with Crippen LogP contribution in [0, 0.1) is 0 Å². The molecule has 0 N–H and O–H groups in total. The van der Waals surface area contributed by atoms with E-state index >= 15 is 0 Å². The Balaban J connectivity index is 1.39. The first-order valence-corrected chi connectivity index (χ1v) is 30.7. The molecule has 0 saturated heterocycles. The van der Waals surface area contributed by atoms with Crippen molar-refractivity contribution in [1.29, 1.82) is 0 Å². The molecule has 0 fully saturated rings. The number of halogens is 2. The molecule has 2 aliphatic carbocycles. The van der Waals surface area contributed by atoms with E-state index in [4.69, 9.17) is 17.0 Å². The summed E-state index contributed by atoms with van der Waals surface area (Å²) in [6, 6.07) is 35.5. The molecule has 2 atom stereocenters. The predicted molar refractivity (Wildman–Crippen MR) is 175 cm³/mol. The summed E-state index contributed by atoms with van der Waals surface area (Å²) in [5.41, 5.74) is 13.4. The minimum atomic E-state index is -4.55. The van der Waals surface area contributed by atoms with Gasteiger partial charge >= 0.3 is 250 Å². The molecule has 0 nitrogen and oxygen atoms in total. The Bertz CT molecular complexity index is 1520. The molecule has 40 heavy (non-hydrogen) atoms. The van der Waals surface area contributed by atoms with Crippen LogP contribution >= 0.6 is 17.0 Å². The first kappa shape index (κ1) is 28.2. The summed E-state index contributed by atoms with van der Waals surface area (Å²) in [4.78, 5) is 0. The second kappa shape index (κ2) is 10.7. The van der Waals surface area contributed by atoms with E-state index in [0.29, 0.717) is 0 Å². The molecule has 0 spiro atoms. The van der Waals surface area contributed by atoms with Crippen LogP contribution in [-0.4, -0.2) is 5.92 Å². The molecule has 0 bridgehead atoms. The van der Waals surface area contributed by atoms with E-state index in [1.165, 1.54) is 55.7 Å². The summed E-state index contributed by atoms with van der Waals surface area (Å²) < 4.78 is 0.307. The van der Waals surface area contributed by atoms with Gasteiger partial charge in [-0.15, -0.1) is 0 Å². The summed E-state index contributed by atoms with van der Waals surface area (Å²) in [5, 5.41) is 0. The van der Waals surface area contributed by atoms with Gasteiger partial charge in [-0.2, -0.15) is 0 Å². The van der Waals surface area contributed by atoms with Crippen LogP contribution in [-0.2, 0) is 28.4 Å². The Morgan fingerprint density at radius 3 is 1.35 bits per heavy atom. The van der Waals surface area contributed by atoms with Gasteiger partial charge in [0.15, 0.2) is 0 Å². The molecule has 0 heterocycles. The van der Waals surface area contributed by atoms with E-state index in [2.05, 4.69) is 136 Å². The van der Waals surface area contributed by atoms with Crippen molar-refractivity contribution in [3.05, 3.63) is 153 Å². The molecule has 6 rings (SSSR count). The zero-order valence-corrected chi connectivity index (χ0v) is 28.9. The van der Waals surface area contributed by atoms with E-state index in [9.17, 15) is 0 Å². The number of rotatable bonds is 7. The molecule has 0 radical (unpaired) electrons. The maximum atomic E-state index is 8.28. The Morgan fingerprint density at radius 1 is 0.575 bits per heavy atom. The van der Waals surface area contributed by atoms with Crippen LogP contribution in [0.2, 0.25) is 13.1 Å². The second-order valence-corrected chi connectivity index (χ2v) is 54.8. The van der Waals surface area contributed by atoms with Crippen molar-refractivity contribution < 1.29 is 15.6 Å². The topological polar surface area (TPSA) is 0 Å². The molecule has 0 amide bonds. The molecule has 4 aromatic rings. The van der Waals surface area contributed by atoms with Crippen LogP contribution < -0.4 is 0 Å². The standard InChI is InChI=1S/2C17H15.C2H7Si.2ClH.Zr/c2*1-13-9-16-8-7-15(12-17(16)10-13)11-14-5-3-2-4-6-14;1-3-2;;;/h2*2-10,12H,11H2,1H3;3H,1-2H3;2*1H;/q;;;;;+2/p-2. The normalized spacial score (nSPS) is 19.0. The summed E-state index contributed by atoms with van der Waals surface area (Å²) >= 11 is -4.55. The number of fused-ring (bicyclic) bond motifs is 2. The minimum absolute atomic E-state index is 0.153. The Hall–Kier alpha value is -1.96. The third-order valence-electron chi connectivity index (χ3n) is 9.31. The van der Waals surface area contributed by atoms with Gasteiger partial charge in [-0.05, 0) is 0 Å². The Kier molecular flexibility index (Phi) is 7.54. The molecule has 0 saturated carbocycles. The van der Waals surface area contributed by atoms with Crippen molar-refractivity contribution in [1.82, 2.24) is 0 Å². The number of benzene rings is 4. The van der Waals surface area contributed by atoms with E-state index in [1.807, 2.05) is 0 Å². The van der Waals surface area contributed by atoms with Gasteiger partial charge in [-0.3, -0.25) is 0 Å². The van der Waals surface area contributed by atoms with Crippen molar-refractivity contribution in [3.63, 3.8) is 0 Å². The molecule has 0 aliphatic heterocycles. The molecule has 203 valence electrons. The van der Waals surface area contributed by atoms with Gasteiger partial charge in [0.25, 0.3) is 0 Å². The zero-order valence-electron chi connectivity index (χ0n) is 23.8. The fourth-order valence-electron chi connectivity index (χ4n) is 7.35. The molecular weight excluding hydrogens is 623 g/mol. The van der Waals surface area contributed by atoms with Crippen LogP contribution in [0.1, 0.15) is 65.6 Å². The van der Waals surface area contributed by atoms with Gasteiger partial charge < -0.3 is 0 Å². The van der Waals surface area contributed by atoms with Gasteiger partial charge in [-0.1, -0.05) is 0 Å². The molecule has 2 unspecified atom stereocenters. The fourth-order valence-corrected chi connectivity index (χ4v) is 40.3. The first-order chi connectivity index (χ1) is 19.1. The first-order valence-electron chi connectivity index (χ1n) is 14.4. The molecule has 0 aromatic heterocycles. The van der Waals surface area contributed by atoms with E-state index < -0.39 is 21.5 Å². The average molecular weight is 660 g/mol. The van der Waals surface area contributed by atoms with Crippen LogP contribution in [0.25, 0.3) is 12.2 Å². The van der Waals surface area contributed by atoms with Crippen LogP contribution in [0.4, 0.5) is 0 Å². The van der Waals surface area contributed by atoms with E-state index in [-0.39, 0.29) is 7.25 Å². The number of allylic oxidation sites excluding steroid dienone is 2. The fraction of sp³-hybridized carbons (Fsp3) is 0.222. The van der Waals surface area contributed by atoms with Crippen LogP contribution in [0.3, 0.4) is 0 Å². The number of hydrogen-bond donors (Lipinski definition) is 0. The third kappa shape index (κ3) is 4.80. The third-order valence-corrected chi connectivity index (χ3v) is 61.6. The maximum absolute atomic E-state index is 8.28. The molecular formula is C36H37Cl2SiZr. The second-order valence-electron chi connectivity index (χ2n) is 12.3. The molecule has 2 aliphatic rings. The van der Waals surface area contributed by atoms with Crippen LogP contribution in [0.15, 0.2) is 108 Å². The van der Waals surface area contributed by atoms with E-state index in [0.717, 1.165) is 12.8 Å². The van der Waals surface area contributed by atoms with Gasteiger partial charge in [0.05, 0.1) is 0 Å². The average Bonchev–Trinajstić information content (AvgIpc) is 3.45. The summed E-state index contributed by atoms with van der Waals surface area (Å²) in [6.07, 6.45) is 6.62. The predicted octanol–water partition coefficient (Wildman–Crippen LogP) is 10.5. The van der Waals surface area contributed by atoms with Gasteiger partial charge in [0.1, 0.15) is 0 Å². The summed E-state index contributed by atoms with van der Waals surface area (Å²) in [7, 11) is 16.6. The number of hydrogen-bond acceptors (Lipinski definition) is 0. The van der Waals surface area contributed by atoms with Gasteiger partial charge in [-0.25, -0.2) is 0 Å². The van der Waals surface area contributed by atoms with E-state index in [1.54, 1.807) is 0 Å². The van der Waals surface area contributed by atoms with Crippen molar-refractivity contribution >= 4 is 35.1 Å². The summed E-state index contributed by atoms with van der Waals surface area (Å²) in [5.74, 6) is -1.49. The molecule has 4 aromatic carbocycles. The Morgan fingerprint density at radius 2 is 0.975 bits per heavy atom. The van der Waals surface area contributed by atoms with Crippen LogP contribution in [0.5, 0.6) is 0 Å². The Labute approximate surface area is 248 Å². The van der Waals surface area contributed by atoms with Crippen molar-refractivity contribution in [3.8, 4) is 0 Å². The quantitative estimate of drug-likeness (QED) is 0.173. The van der Waals surface area contributed by atoms with Gasteiger partial charge in [0, 0.05) is 0 Å². The molecule has 4 heteroatoms. The zero-order chi connectivity index (χ0) is 28.1. The monoisotopic (exact) mass is 657 g/mol. The van der Waals surface area contributed by atoms with Crippen molar-refractivity contribution in [2.24, 2.45) is 0 Å².